The monoisotopic (exact) mass is 310 g/mol. The number of aromatic amines is 1. The highest BCUT2D eigenvalue weighted by Crippen LogP contribution is 2.09. The molecular formula is C9H14N2O6S2. The van der Waals surface area contributed by atoms with Gasteiger partial charge in [-0.05, 0) is 12.5 Å². The molecule has 0 spiro atoms. The molecule has 1 aromatic heterocycles. The fourth-order valence-corrected chi connectivity index (χ4v) is 3.16. The van der Waals surface area contributed by atoms with Gasteiger partial charge in [0.15, 0.2) is 0 Å². The molecule has 1 heterocycles. The van der Waals surface area contributed by atoms with Crippen LogP contribution in [0.4, 0.5) is 0 Å². The SMILES string of the molecule is CS(=O)(=O)CCC(NS(=O)(=O)c1cc[nH]c1)C(=O)O. The summed E-state index contributed by atoms with van der Waals surface area (Å²) in [6.45, 7) is 0. The van der Waals surface area contributed by atoms with Crippen LogP contribution in [0.2, 0.25) is 0 Å². The average molecular weight is 310 g/mol. The molecule has 0 aliphatic rings. The van der Waals surface area contributed by atoms with E-state index in [9.17, 15) is 21.6 Å². The van der Waals surface area contributed by atoms with Crippen LogP contribution in [-0.4, -0.2) is 50.9 Å². The largest absolute Gasteiger partial charge is 0.480 e. The maximum atomic E-state index is 11.8. The van der Waals surface area contributed by atoms with Crippen molar-refractivity contribution in [2.24, 2.45) is 0 Å². The first-order valence-electron chi connectivity index (χ1n) is 5.17. The lowest BCUT2D eigenvalue weighted by Crippen LogP contribution is -2.41. The minimum Gasteiger partial charge on any atom is -0.480 e. The second kappa shape index (κ2) is 5.72. The summed E-state index contributed by atoms with van der Waals surface area (Å²) in [4.78, 5) is 13.4. The highest BCUT2D eigenvalue weighted by molar-refractivity contribution is 7.90. The second-order valence-corrected chi connectivity index (χ2v) is 7.95. The molecule has 19 heavy (non-hydrogen) atoms. The lowest BCUT2D eigenvalue weighted by molar-refractivity contribution is -0.139. The van der Waals surface area contributed by atoms with Crippen LogP contribution in [-0.2, 0) is 24.7 Å². The lowest BCUT2D eigenvalue weighted by Gasteiger charge is -2.13. The highest BCUT2D eigenvalue weighted by atomic mass is 32.2. The second-order valence-electron chi connectivity index (χ2n) is 3.98. The molecule has 8 nitrogen and oxygen atoms in total. The predicted octanol–water partition coefficient (Wildman–Crippen LogP) is -0.819. The number of hydrogen-bond acceptors (Lipinski definition) is 5. The Kier molecular flexibility index (Phi) is 4.71. The average Bonchev–Trinajstić information content (AvgIpc) is 2.76. The van der Waals surface area contributed by atoms with Crippen molar-refractivity contribution < 1.29 is 26.7 Å². The summed E-state index contributed by atoms with van der Waals surface area (Å²) in [7, 11) is -7.35. The van der Waals surface area contributed by atoms with Gasteiger partial charge in [-0.1, -0.05) is 0 Å². The van der Waals surface area contributed by atoms with E-state index >= 15 is 0 Å². The molecule has 1 unspecified atom stereocenters. The van der Waals surface area contributed by atoms with Gasteiger partial charge in [-0.3, -0.25) is 4.79 Å². The van der Waals surface area contributed by atoms with Crippen molar-refractivity contribution in [3.05, 3.63) is 18.5 Å². The van der Waals surface area contributed by atoms with E-state index in [1.807, 2.05) is 4.72 Å². The van der Waals surface area contributed by atoms with E-state index in [0.717, 1.165) is 6.26 Å². The summed E-state index contributed by atoms with van der Waals surface area (Å²) < 4.78 is 47.5. The van der Waals surface area contributed by atoms with Gasteiger partial charge in [0.25, 0.3) is 0 Å². The third-order valence-corrected chi connectivity index (χ3v) is 4.70. The molecule has 0 aliphatic carbocycles. The van der Waals surface area contributed by atoms with Gasteiger partial charge in [-0.15, -0.1) is 0 Å². The Morgan fingerprint density at radius 1 is 1.42 bits per heavy atom. The fraction of sp³-hybridized carbons (Fsp3) is 0.444. The number of rotatable bonds is 7. The van der Waals surface area contributed by atoms with Crippen LogP contribution in [0.25, 0.3) is 0 Å². The molecule has 0 fully saturated rings. The van der Waals surface area contributed by atoms with Crippen LogP contribution in [0.3, 0.4) is 0 Å². The van der Waals surface area contributed by atoms with Crippen LogP contribution in [0.5, 0.6) is 0 Å². The van der Waals surface area contributed by atoms with Crippen molar-refractivity contribution >= 4 is 25.8 Å². The number of H-pyrrole nitrogens is 1. The molecular weight excluding hydrogens is 296 g/mol. The molecule has 108 valence electrons. The number of aliphatic carboxylic acids is 1. The Morgan fingerprint density at radius 3 is 2.47 bits per heavy atom. The summed E-state index contributed by atoms with van der Waals surface area (Å²) in [5, 5.41) is 8.90. The molecule has 10 heteroatoms. The van der Waals surface area contributed by atoms with E-state index in [0.29, 0.717) is 0 Å². The zero-order chi connectivity index (χ0) is 14.7. The summed E-state index contributed by atoms with van der Waals surface area (Å²) in [6.07, 6.45) is 3.18. The van der Waals surface area contributed by atoms with Gasteiger partial charge in [0.05, 0.1) is 10.6 Å². The first-order valence-corrected chi connectivity index (χ1v) is 8.72. The number of carbonyl (C=O) groups is 1. The van der Waals surface area contributed by atoms with Crippen LogP contribution < -0.4 is 4.72 Å². The number of carboxylic acids is 1. The van der Waals surface area contributed by atoms with Gasteiger partial charge in [-0.2, -0.15) is 4.72 Å². The maximum Gasteiger partial charge on any atom is 0.321 e. The Labute approximate surface area is 110 Å². The molecule has 0 amide bonds. The zero-order valence-electron chi connectivity index (χ0n) is 10.0. The van der Waals surface area contributed by atoms with Gasteiger partial charge in [-0.25, -0.2) is 16.8 Å². The molecule has 1 rings (SSSR count). The van der Waals surface area contributed by atoms with Crippen molar-refractivity contribution in [2.75, 3.05) is 12.0 Å². The molecule has 1 atom stereocenters. The topological polar surface area (TPSA) is 133 Å². The van der Waals surface area contributed by atoms with Gasteiger partial charge >= 0.3 is 5.97 Å². The molecule has 3 N–H and O–H groups in total. The van der Waals surface area contributed by atoms with Crippen LogP contribution in [0.1, 0.15) is 6.42 Å². The zero-order valence-corrected chi connectivity index (χ0v) is 11.7. The number of aromatic nitrogens is 1. The Balaban J connectivity index is 2.83. The first-order chi connectivity index (χ1) is 8.62. The Hall–Kier alpha value is -1.39. The number of carboxylic acid groups (broad SMARTS) is 1. The molecule has 0 bridgehead atoms. The predicted molar refractivity (Wildman–Crippen MR) is 66.9 cm³/mol. The smallest absolute Gasteiger partial charge is 0.321 e. The minimum atomic E-state index is -3.99. The van der Waals surface area contributed by atoms with E-state index in [1.54, 1.807) is 0 Å². The minimum absolute atomic E-state index is 0.113. The van der Waals surface area contributed by atoms with E-state index in [1.165, 1.54) is 18.5 Å². The van der Waals surface area contributed by atoms with Crippen molar-refractivity contribution in [1.29, 1.82) is 0 Å². The van der Waals surface area contributed by atoms with Gasteiger partial charge in [0.2, 0.25) is 10.0 Å². The third-order valence-electron chi connectivity index (χ3n) is 2.25. The first kappa shape index (κ1) is 15.7. The summed E-state index contributed by atoms with van der Waals surface area (Å²) in [5.74, 6) is -1.85. The van der Waals surface area contributed by atoms with Gasteiger partial charge in [0, 0.05) is 18.6 Å². The summed E-state index contributed by atoms with van der Waals surface area (Å²) in [6, 6.07) is -0.229. The van der Waals surface area contributed by atoms with Crippen molar-refractivity contribution in [2.45, 2.75) is 17.4 Å². The van der Waals surface area contributed by atoms with E-state index in [4.69, 9.17) is 5.11 Å². The van der Waals surface area contributed by atoms with Crippen LogP contribution >= 0.6 is 0 Å². The Morgan fingerprint density at radius 2 is 2.05 bits per heavy atom. The molecule has 0 aromatic carbocycles. The molecule has 0 saturated heterocycles. The number of sulfonamides is 1. The number of hydrogen-bond donors (Lipinski definition) is 3. The summed E-state index contributed by atoms with van der Waals surface area (Å²) in [5.41, 5.74) is 0. The molecule has 1 aromatic rings. The summed E-state index contributed by atoms with van der Waals surface area (Å²) >= 11 is 0. The van der Waals surface area contributed by atoms with E-state index in [2.05, 4.69) is 4.98 Å². The standard InChI is InChI=1S/C9H14N2O6S2/c1-18(14,15)5-3-8(9(12)13)11-19(16,17)7-2-4-10-6-7/h2,4,6,8,10-11H,3,5H2,1H3,(H,12,13). The van der Waals surface area contributed by atoms with Gasteiger partial charge in [0.1, 0.15) is 15.9 Å². The molecule has 0 radical (unpaired) electrons. The lowest BCUT2D eigenvalue weighted by atomic mass is 10.2. The van der Waals surface area contributed by atoms with Crippen LogP contribution in [0.15, 0.2) is 23.4 Å². The van der Waals surface area contributed by atoms with Crippen molar-refractivity contribution in [3.63, 3.8) is 0 Å². The van der Waals surface area contributed by atoms with Gasteiger partial charge < -0.3 is 10.1 Å². The number of nitrogens with one attached hydrogen (secondary N) is 2. The Bertz CT molecular complexity index is 632. The fourth-order valence-electron chi connectivity index (χ4n) is 1.30. The van der Waals surface area contributed by atoms with E-state index < -0.39 is 37.6 Å². The quantitative estimate of drug-likeness (QED) is 0.602. The normalized spacial score (nSPS) is 14.2. The van der Waals surface area contributed by atoms with Crippen molar-refractivity contribution in [1.82, 2.24) is 9.71 Å². The maximum absolute atomic E-state index is 11.8. The molecule has 0 aliphatic heterocycles. The third kappa shape index (κ3) is 5.01. The molecule has 0 saturated carbocycles. The van der Waals surface area contributed by atoms with Crippen LogP contribution in [0, 0.1) is 0 Å². The number of sulfone groups is 1. The highest BCUT2D eigenvalue weighted by Gasteiger charge is 2.26. The van der Waals surface area contributed by atoms with E-state index in [-0.39, 0.29) is 11.3 Å². The van der Waals surface area contributed by atoms with Crippen molar-refractivity contribution in [3.8, 4) is 0 Å².